The molecule has 20 heavy (non-hydrogen) atoms. The van der Waals surface area contributed by atoms with E-state index in [0.29, 0.717) is 5.03 Å². The van der Waals surface area contributed by atoms with Crippen molar-refractivity contribution in [3.05, 3.63) is 22.0 Å². The van der Waals surface area contributed by atoms with Crippen LogP contribution in [0.5, 0.6) is 0 Å². The molecule has 0 aromatic rings. The number of carbonyl (C=O) groups excluding carboxylic acids is 3. The Morgan fingerprint density at radius 3 is 2.65 bits per heavy atom. The van der Waals surface area contributed by atoms with E-state index in [1.54, 1.807) is 6.92 Å². The predicted molar refractivity (Wildman–Crippen MR) is 70.8 cm³/mol. The molecule has 0 aliphatic carbocycles. The SMILES string of the molecule is CCOC(=O)C1=C2SCC(=O)N2C(N)=C(C(=O)OC)C1. The minimum Gasteiger partial charge on any atom is -0.466 e. The third-order valence-corrected chi connectivity index (χ3v) is 3.99. The Hall–Kier alpha value is -1.96. The number of rotatable bonds is 3. The maximum Gasteiger partial charge on any atom is 0.337 e. The van der Waals surface area contributed by atoms with E-state index in [1.165, 1.54) is 23.8 Å². The number of ether oxygens (including phenoxy) is 2. The van der Waals surface area contributed by atoms with Crippen LogP contribution in [0, 0.1) is 0 Å². The van der Waals surface area contributed by atoms with Crippen LogP contribution in [0.2, 0.25) is 0 Å². The molecule has 1 amide bonds. The molecule has 2 N–H and O–H groups in total. The number of carbonyl (C=O) groups is 3. The average Bonchev–Trinajstić information content (AvgIpc) is 2.81. The van der Waals surface area contributed by atoms with Gasteiger partial charge in [0.15, 0.2) is 0 Å². The molecule has 2 aliphatic rings. The smallest absolute Gasteiger partial charge is 0.337 e. The maximum absolute atomic E-state index is 12.0. The molecule has 0 unspecified atom stereocenters. The van der Waals surface area contributed by atoms with Crippen molar-refractivity contribution in [1.82, 2.24) is 4.90 Å². The molecule has 2 heterocycles. The van der Waals surface area contributed by atoms with Crippen molar-refractivity contribution in [2.45, 2.75) is 13.3 Å². The molecule has 2 rings (SSSR count). The summed E-state index contributed by atoms with van der Waals surface area (Å²) in [6, 6.07) is 0. The number of nitrogens with two attached hydrogens (primary N) is 1. The molecular formula is C12H14N2O5S. The summed E-state index contributed by atoms with van der Waals surface area (Å²) in [7, 11) is 1.21. The summed E-state index contributed by atoms with van der Waals surface area (Å²) < 4.78 is 9.59. The second-order valence-electron chi connectivity index (χ2n) is 4.05. The van der Waals surface area contributed by atoms with E-state index >= 15 is 0 Å². The number of hydrogen-bond donors (Lipinski definition) is 1. The van der Waals surface area contributed by atoms with Crippen LogP contribution in [-0.2, 0) is 23.9 Å². The van der Waals surface area contributed by atoms with E-state index in [1.807, 2.05) is 0 Å². The van der Waals surface area contributed by atoms with Crippen molar-refractivity contribution in [3.63, 3.8) is 0 Å². The summed E-state index contributed by atoms with van der Waals surface area (Å²) in [4.78, 5) is 36.7. The number of nitrogens with zero attached hydrogens (tertiary/aromatic N) is 1. The number of esters is 2. The second kappa shape index (κ2) is 5.58. The van der Waals surface area contributed by atoms with Gasteiger partial charge in [-0.1, -0.05) is 11.8 Å². The van der Waals surface area contributed by atoms with Gasteiger partial charge >= 0.3 is 11.9 Å². The minimum atomic E-state index is -0.659. The molecule has 0 aromatic carbocycles. The lowest BCUT2D eigenvalue weighted by Crippen LogP contribution is -2.36. The van der Waals surface area contributed by atoms with Crippen LogP contribution >= 0.6 is 11.8 Å². The largest absolute Gasteiger partial charge is 0.466 e. The van der Waals surface area contributed by atoms with E-state index in [2.05, 4.69) is 4.74 Å². The molecule has 0 spiro atoms. The lowest BCUT2D eigenvalue weighted by atomic mass is 10.0. The van der Waals surface area contributed by atoms with Gasteiger partial charge in [-0.2, -0.15) is 0 Å². The summed E-state index contributed by atoms with van der Waals surface area (Å²) in [6.45, 7) is 1.89. The molecule has 1 saturated heterocycles. The van der Waals surface area contributed by atoms with E-state index in [0.717, 1.165) is 0 Å². The highest BCUT2D eigenvalue weighted by molar-refractivity contribution is 8.04. The molecule has 7 nitrogen and oxygen atoms in total. The molecular weight excluding hydrogens is 284 g/mol. The molecule has 0 saturated carbocycles. The first-order valence-electron chi connectivity index (χ1n) is 5.94. The van der Waals surface area contributed by atoms with Gasteiger partial charge in [0, 0.05) is 6.42 Å². The van der Waals surface area contributed by atoms with Gasteiger partial charge in [-0.05, 0) is 6.92 Å². The van der Waals surface area contributed by atoms with Crippen LogP contribution < -0.4 is 5.73 Å². The Kier molecular flexibility index (Phi) is 4.03. The fraction of sp³-hybridized carbons (Fsp3) is 0.417. The van der Waals surface area contributed by atoms with Crippen molar-refractivity contribution in [2.24, 2.45) is 5.73 Å². The Morgan fingerprint density at radius 2 is 2.05 bits per heavy atom. The van der Waals surface area contributed by atoms with Gasteiger partial charge in [-0.15, -0.1) is 0 Å². The number of thioether (sulfide) groups is 1. The van der Waals surface area contributed by atoms with Crippen LogP contribution in [0.1, 0.15) is 13.3 Å². The zero-order valence-electron chi connectivity index (χ0n) is 11.1. The minimum absolute atomic E-state index is 0.00343. The van der Waals surface area contributed by atoms with Gasteiger partial charge in [0.2, 0.25) is 5.91 Å². The van der Waals surface area contributed by atoms with Crippen LogP contribution in [0.15, 0.2) is 22.0 Å². The van der Waals surface area contributed by atoms with Crippen molar-refractivity contribution in [3.8, 4) is 0 Å². The van der Waals surface area contributed by atoms with Crippen molar-refractivity contribution in [2.75, 3.05) is 19.5 Å². The quantitative estimate of drug-likeness (QED) is 0.737. The monoisotopic (exact) mass is 298 g/mol. The van der Waals surface area contributed by atoms with Gasteiger partial charge in [0.1, 0.15) is 5.82 Å². The topological polar surface area (TPSA) is 98.9 Å². The number of methoxy groups -OCH3 is 1. The molecule has 0 aromatic heterocycles. The molecule has 108 valence electrons. The highest BCUT2D eigenvalue weighted by Gasteiger charge is 2.40. The van der Waals surface area contributed by atoms with Gasteiger partial charge in [0.25, 0.3) is 0 Å². The van der Waals surface area contributed by atoms with E-state index < -0.39 is 11.9 Å². The summed E-state index contributed by atoms with van der Waals surface area (Å²) in [6.07, 6.45) is 0.00343. The standard InChI is InChI=1S/C12H14N2O5S/c1-3-19-12(17)7-4-6(11(16)18-2)9(13)14-8(15)5-20-10(7)14/h3-5,13H2,1-2H3. The van der Waals surface area contributed by atoms with Crippen LogP contribution in [0.4, 0.5) is 0 Å². The molecule has 1 fully saturated rings. The van der Waals surface area contributed by atoms with Gasteiger partial charge in [-0.25, -0.2) is 9.59 Å². The Bertz CT molecular complexity index is 552. The molecule has 0 bridgehead atoms. The van der Waals surface area contributed by atoms with Crippen LogP contribution in [0.3, 0.4) is 0 Å². The molecule has 2 aliphatic heterocycles. The van der Waals surface area contributed by atoms with Crippen molar-refractivity contribution >= 4 is 29.6 Å². The number of hydrogen-bond acceptors (Lipinski definition) is 7. The molecule has 0 radical (unpaired) electrons. The fourth-order valence-corrected chi connectivity index (χ4v) is 3.04. The highest BCUT2D eigenvalue weighted by atomic mass is 32.2. The first kappa shape index (κ1) is 14.4. The average molecular weight is 298 g/mol. The Balaban J connectivity index is 2.45. The van der Waals surface area contributed by atoms with Crippen LogP contribution in [0.25, 0.3) is 0 Å². The first-order valence-corrected chi connectivity index (χ1v) is 6.92. The Labute approximate surface area is 119 Å². The first-order chi connectivity index (χ1) is 9.51. The third kappa shape index (κ3) is 2.26. The van der Waals surface area contributed by atoms with Gasteiger partial charge in [-0.3, -0.25) is 9.69 Å². The van der Waals surface area contributed by atoms with E-state index in [9.17, 15) is 14.4 Å². The van der Waals surface area contributed by atoms with Crippen molar-refractivity contribution < 1.29 is 23.9 Å². The van der Waals surface area contributed by atoms with Crippen LogP contribution in [-0.4, -0.2) is 42.2 Å². The zero-order valence-corrected chi connectivity index (χ0v) is 11.9. The predicted octanol–water partition coefficient (Wildman–Crippen LogP) is 0.0835. The summed E-state index contributed by atoms with van der Waals surface area (Å²) in [5, 5.41) is 0.443. The summed E-state index contributed by atoms with van der Waals surface area (Å²) in [5.41, 5.74) is 6.21. The van der Waals surface area contributed by atoms with E-state index in [-0.39, 0.29) is 41.7 Å². The van der Waals surface area contributed by atoms with E-state index in [4.69, 9.17) is 10.5 Å². The summed E-state index contributed by atoms with van der Waals surface area (Å²) >= 11 is 1.21. The number of amides is 1. The maximum atomic E-state index is 12.0. The molecule has 0 atom stereocenters. The third-order valence-electron chi connectivity index (χ3n) is 2.90. The molecule has 8 heteroatoms. The summed E-state index contributed by atoms with van der Waals surface area (Å²) in [5.74, 6) is -1.29. The number of fused-ring (bicyclic) bond motifs is 1. The van der Waals surface area contributed by atoms with Gasteiger partial charge in [0.05, 0.1) is 35.6 Å². The Morgan fingerprint density at radius 1 is 1.35 bits per heavy atom. The zero-order chi connectivity index (χ0) is 14.9. The van der Waals surface area contributed by atoms with Crippen molar-refractivity contribution in [1.29, 1.82) is 0 Å². The normalized spacial score (nSPS) is 18.3. The fourth-order valence-electron chi connectivity index (χ4n) is 1.99. The lowest BCUT2D eigenvalue weighted by Gasteiger charge is -2.26. The second-order valence-corrected chi connectivity index (χ2v) is 5.02. The highest BCUT2D eigenvalue weighted by Crippen LogP contribution is 2.40. The van der Waals surface area contributed by atoms with Gasteiger partial charge < -0.3 is 15.2 Å². The lowest BCUT2D eigenvalue weighted by molar-refractivity contribution is -0.138.